The molecule has 2 aromatic carbocycles. The van der Waals surface area contributed by atoms with Gasteiger partial charge in [-0.3, -0.25) is 0 Å². The Labute approximate surface area is 118 Å². The van der Waals surface area contributed by atoms with Crippen molar-refractivity contribution in [1.82, 2.24) is 9.97 Å². The van der Waals surface area contributed by atoms with Crippen LogP contribution in [0.5, 0.6) is 5.75 Å². The van der Waals surface area contributed by atoms with Crippen LogP contribution in [-0.2, 0) is 0 Å². The second kappa shape index (κ2) is 4.61. The molecule has 6 heteroatoms. The number of nitrogens with two attached hydrogens (primary N) is 1. The normalized spacial score (nSPS) is 10.9. The Bertz CT molecular complexity index is 823. The fourth-order valence-corrected chi connectivity index (χ4v) is 2.28. The SMILES string of the molecule is Nc1ncnc2c(-c3cccc(Cl)c3F)c(O)ccc12. The van der Waals surface area contributed by atoms with Gasteiger partial charge in [-0.2, -0.15) is 0 Å². The number of fused-ring (bicyclic) bond motifs is 1. The van der Waals surface area contributed by atoms with E-state index in [9.17, 15) is 9.50 Å². The summed E-state index contributed by atoms with van der Waals surface area (Å²) in [6, 6.07) is 7.58. The Morgan fingerprint density at radius 1 is 1.15 bits per heavy atom. The van der Waals surface area contributed by atoms with Gasteiger partial charge in [-0.05, 0) is 18.2 Å². The maximum Gasteiger partial charge on any atom is 0.149 e. The Balaban J connectivity index is 2.44. The van der Waals surface area contributed by atoms with Gasteiger partial charge >= 0.3 is 0 Å². The van der Waals surface area contributed by atoms with Crippen molar-refractivity contribution >= 4 is 28.3 Å². The molecular formula is C14H9ClFN3O. The molecule has 0 spiro atoms. The van der Waals surface area contributed by atoms with E-state index in [1.807, 2.05) is 0 Å². The number of benzene rings is 2. The highest BCUT2D eigenvalue weighted by Crippen LogP contribution is 2.38. The van der Waals surface area contributed by atoms with E-state index in [2.05, 4.69) is 9.97 Å². The number of aromatic hydroxyl groups is 1. The fourth-order valence-electron chi connectivity index (χ4n) is 2.10. The van der Waals surface area contributed by atoms with E-state index in [1.54, 1.807) is 12.1 Å². The summed E-state index contributed by atoms with van der Waals surface area (Å²) in [7, 11) is 0. The Kier molecular flexibility index (Phi) is 2.91. The first-order valence-corrected chi connectivity index (χ1v) is 6.14. The summed E-state index contributed by atoms with van der Waals surface area (Å²) in [5.74, 6) is -0.454. The molecule has 0 aliphatic heterocycles. The molecule has 100 valence electrons. The summed E-state index contributed by atoms with van der Waals surface area (Å²) >= 11 is 5.78. The van der Waals surface area contributed by atoms with Gasteiger partial charge in [-0.25, -0.2) is 14.4 Å². The van der Waals surface area contributed by atoms with Crippen molar-refractivity contribution in [1.29, 1.82) is 0 Å². The topological polar surface area (TPSA) is 72.0 Å². The molecule has 0 saturated carbocycles. The number of halogens is 2. The monoisotopic (exact) mass is 289 g/mol. The summed E-state index contributed by atoms with van der Waals surface area (Å²) in [5.41, 5.74) is 6.55. The van der Waals surface area contributed by atoms with Crippen LogP contribution in [0.15, 0.2) is 36.7 Å². The third-order valence-electron chi connectivity index (χ3n) is 3.04. The van der Waals surface area contributed by atoms with Crippen molar-refractivity contribution in [2.24, 2.45) is 0 Å². The fraction of sp³-hybridized carbons (Fsp3) is 0. The van der Waals surface area contributed by atoms with Crippen LogP contribution >= 0.6 is 11.6 Å². The molecule has 0 saturated heterocycles. The molecule has 0 aliphatic rings. The molecule has 0 radical (unpaired) electrons. The van der Waals surface area contributed by atoms with E-state index in [4.69, 9.17) is 17.3 Å². The third kappa shape index (κ3) is 1.83. The maximum atomic E-state index is 14.2. The van der Waals surface area contributed by atoms with Gasteiger partial charge < -0.3 is 10.8 Å². The number of aromatic nitrogens is 2. The Morgan fingerprint density at radius 3 is 2.75 bits per heavy atom. The van der Waals surface area contributed by atoms with Crippen molar-refractivity contribution in [3.8, 4) is 16.9 Å². The Morgan fingerprint density at radius 2 is 1.95 bits per heavy atom. The third-order valence-corrected chi connectivity index (χ3v) is 3.33. The molecule has 0 amide bonds. The highest BCUT2D eigenvalue weighted by Gasteiger charge is 2.17. The van der Waals surface area contributed by atoms with E-state index >= 15 is 0 Å². The first-order chi connectivity index (χ1) is 9.59. The lowest BCUT2D eigenvalue weighted by Crippen LogP contribution is -1.96. The number of phenolic OH excluding ortho intramolecular Hbond substituents is 1. The summed E-state index contributed by atoms with van der Waals surface area (Å²) in [5, 5.41) is 10.6. The van der Waals surface area contributed by atoms with Crippen molar-refractivity contribution < 1.29 is 9.50 Å². The number of nitrogen functional groups attached to an aromatic ring is 1. The van der Waals surface area contributed by atoms with Crippen molar-refractivity contribution in [2.45, 2.75) is 0 Å². The molecule has 1 heterocycles. The van der Waals surface area contributed by atoms with Crippen LogP contribution in [0.25, 0.3) is 22.0 Å². The number of nitrogens with zero attached hydrogens (tertiary/aromatic N) is 2. The zero-order valence-corrected chi connectivity index (χ0v) is 10.9. The number of hydrogen-bond donors (Lipinski definition) is 2. The summed E-state index contributed by atoms with van der Waals surface area (Å²) < 4.78 is 14.2. The molecule has 0 aliphatic carbocycles. The van der Waals surface area contributed by atoms with Crippen LogP contribution < -0.4 is 5.73 Å². The molecule has 0 atom stereocenters. The second-order valence-corrected chi connectivity index (χ2v) is 4.62. The van der Waals surface area contributed by atoms with Gasteiger partial charge in [0.15, 0.2) is 0 Å². The van der Waals surface area contributed by atoms with Crippen LogP contribution in [0.2, 0.25) is 5.02 Å². The van der Waals surface area contributed by atoms with Gasteiger partial charge in [0.25, 0.3) is 0 Å². The first-order valence-electron chi connectivity index (χ1n) is 5.76. The van der Waals surface area contributed by atoms with Crippen molar-refractivity contribution in [3.05, 3.63) is 47.5 Å². The number of phenols is 1. The van der Waals surface area contributed by atoms with Gasteiger partial charge in [-0.15, -0.1) is 0 Å². The van der Waals surface area contributed by atoms with Gasteiger partial charge in [0.05, 0.1) is 16.1 Å². The first kappa shape index (κ1) is 12.6. The van der Waals surface area contributed by atoms with Gasteiger partial charge in [0.2, 0.25) is 0 Å². The number of hydrogen-bond acceptors (Lipinski definition) is 4. The molecule has 0 fully saturated rings. The van der Waals surface area contributed by atoms with Crippen molar-refractivity contribution in [3.63, 3.8) is 0 Å². The predicted molar refractivity (Wildman–Crippen MR) is 76.0 cm³/mol. The molecule has 0 bridgehead atoms. The van der Waals surface area contributed by atoms with Gasteiger partial charge in [0, 0.05) is 10.9 Å². The van der Waals surface area contributed by atoms with Crippen LogP contribution in [0.1, 0.15) is 0 Å². The molecule has 0 unspecified atom stereocenters. The lowest BCUT2D eigenvalue weighted by Gasteiger charge is -2.10. The molecule has 4 nitrogen and oxygen atoms in total. The number of rotatable bonds is 1. The Hall–Kier alpha value is -2.40. The van der Waals surface area contributed by atoms with Gasteiger partial charge in [0.1, 0.15) is 23.7 Å². The molecular weight excluding hydrogens is 281 g/mol. The average Bonchev–Trinajstić information content (AvgIpc) is 2.43. The van der Waals surface area contributed by atoms with Crippen LogP contribution in [0.4, 0.5) is 10.2 Å². The minimum absolute atomic E-state index is 0.0269. The van der Waals surface area contributed by atoms with Crippen LogP contribution in [-0.4, -0.2) is 15.1 Å². The van der Waals surface area contributed by atoms with E-state index < -0.39 is 5.82 Å². The lowest BCUT2D eigenvalue weighted by molar-refractivity contribution is 0.477. The van der Waals surface area contributed by atoms with E-state index in [-0.39, 0.29) is 27.7 Å². The molecule has 3 N–H and O–H groups in total. The maximum absolute atomic E-state index is 14.2. The summed E-state index contributed by atoms with van der Waals surface area (Å²) in [6.45, 7) is 0. The smallest absolute Gasteiger partial charge is 0.149 e. The predicted octanol–water partition coefficient (Wildman–Crippen LogP) is 3.38. The summed E-state index contributed by atoms with van der Waals surface area (Å²) in [4.78, 5) is 7.97. The highest BCUT2D eigenvalue weighted by molar-refractivity contribution is 6.31. The minimum Gasteiger partial charge on any atom is -0.507 e. The van der Waals surface area contributed by atoms with E-state index in [1.165, 1.54) is 24.5 Å². The summed E-state index contributed by atoms with van der Waals surface area (Å²) in [6.07, 6.45) is 1.27. The quantitative estimate of drug-likeness (QED) is 0.720. The molecule has 3 rings (SSSR count). The lowest BCUT2D eigenvalue weighted by atomic mass is 10.0. The van der Waals surface area contributed by atoms with Gasteiger partial charge in [-0.1, -0.05) is 23.7 Å². The van der Waals surface area contributed by atoms with Crippen molar-refractivity contribution in [2.75, 3.05) is 5.73 Å². The number of anilines is 1. The molecule has 20 heavy (non-hydrogen) atoms. The largest absolute Gasteiger partial charge is 0.507 e. The molecule has 3 aromatic rings. The minimum atomic E-state index is -0.617. The van der Waals surface area contributed by atoms with Crippen LogP contribution in [0, 0.1) is 5.82 Å². The zero-order chi connectivity index (χ0) is 14.3. The van der Waals surface area contributed by atoms with E-state index in [0.29, 0.717) is 10.9 Å². The molecule has 1 aromatic heterocycles. The van der Waals surface area contributed by atoms with E-state index in [0.717, 1.165) is 0 Å². The average molecular weight is 290 g/mol. The second-order valence-electron chi connectivity index (χ2n) is 4.22. The van der Waals surface area contributed by atoms with Crippen LogP contribution in [0.3, 0.4) is 0 Å². The standard InChI is InChI=1S/C14H9ClFN3O/c15-9-3-1-2-7(12(9)16)11-10(20)5-4-8-13(11)18-6-19-14(8)17/h1-6,20H,(H2,17,18,19). The zero-order valence-electron chi connectivity index (χ0n) is 10.1. The highest BCUT2D eigenvalue weighted by atomic mass is 35.5.